The Kier molecular flexibility index (Phi) is 4.63. The van der Waals surface area contributed by atoms with Gasteiger partial charge in [-0.15, -0.1) is 0 Å². The topological polar surface area (TPSA) is 0 Å². The van der Waals surface area contributed by atoms with Gasteiger partial charge in [0.05, 0.1) is 0 Å². The van der Waals surface area contributed by atoms with E-state index in [2.05, 4.69) is 39.8 Å². The zero-order valence-electron chi connectivity index (χ0n) is 9.85. The van der Waals surface area contributed by atoms with E-state index < -0.39 is 0 Å². The van der Waals surface area contributed by atoms with Gasteiger partial charge in [-0.05, 0) is 0 Å². The van der Waals surface area contributed by atoms with Crippen LogP contribution in [0.1, 0.15) is 49.8 Å². The van der Waals surface area contributed by atoms with E-state index in [0.717, 1.165) is 32.0 Å². The summed E-state index contributed by atoms with van der Waals surface area (Å²) >= 11 is 0.753. The normalized spacial score (nSPS) is 13.0. The molecule has 0 spiro atoms. The van der Waals surface area contributed by atoms with Gasteiger partial charge in [0, 0.05) is 0 Å². The Balaban J connectivity index is 3.17. The van der Waals surface area contributed by atoms with Gasteiger partial charge in [0.2, 0.25) is 0 Å². The summed E-state index contributed by atoms with van der Waals surface area (Å²) in [5.41, 5.74) is 4.74. The summed E-state index contributed by atoms with van der Waals surface area (Å²) in [6, 6.07) is 4.69. The molecule has 0 aliphatic heterocycles. The van der Waals surface area contributed by atoms with Crippen molar-refractivity contribution < 1.29 is 26.1 Å². The molecule has 73 valence electrons. The SMILES string of the molecule is CCc1ccc(C(C)CC)[c]([Hg])c1C. The van der Waals surface area contributed by atoms with Crippen molar-refractivity contribution in [2.24, 2.45) is 0 Å². The predicted molar refractivity (Wildman–Crippen MR) is 58.9 cm³/mol. The number of hydrogen-bond donors (Lipinski definition) is 0. The zero-order valence-corrected chi connectivity index (χ0v) is 15.4. The van der Waals surface area contributed by atoms with Crippen molar-refractivity contribution in [3.63, 3.8) is 0 Å². The Morgan fingerprint density at radius 1 is 1.29 bits per heavy atom. The molecule has 1 aromatic carbocycles. The fourth-order valence-electron chi connectivity index (χ4n) is 1.89. The Hall–Kier alpha value is 0.155. The van der Waals surface area contributed by atoms with Gasteiger partial charge in [-0.2, -0.15) is 0 Å². The molecule has 0 bridgehead atoms. The van der Waals surface area contributed by atoms with E-state index in [1.165, 1.54) is 12.8 Å². The van der Waals surface area contributed by atoms with Crippen molar-refractivity contribution in [2.75, 3.05) is 0 Å². The zero-order chi connectivity index (χ0) is 10.7. The summed E-state index contributed by atoms with van der Waals surface area (Å²) in [6.07, 6.45) is 2.44. The predicted octanol–water partition coefficient (Wildman–Crippen LogP) is 3.24. The van der Waals surface area contributed by atoms with Gasteiger partial charge in [0.1, 0.15) is 0 Å². The first-order valence-corrected chi connectivity index (χ1v) is 8.31. The average Bonchev–Trinajstić information content (AvgIpc) is 2.21. The second-order valence-electron chi connectivity index (χ2n) is 4.08. The third-order valence-corrected chi connectivity index (χ3v) is 6.92. The van der Waals surface area contributed by atoms with Crippen LogP contribution in [0.5, 0.6) is 0 Å². The van der Waals surface area contributed by atoms with Crippen molar-refractivity contribution in [1.82, 2.24) is 0 Å². The molecule has 0 aliphatic carbocycles. The molecular weight excluding hydrogens is 357 g/mol. The molecule has 0 radical (unpaired) electrons. The Labute approximate surface area is 104 Å². The first-order chi connectivity index (χ1) is 6.61. The van der Waals surface area contributed by atoms with Crippen LogP contribution >= 0.6 is 0 Å². The van der Waals surface area contributed by atoms with Gasteiger partial charge in [-0.25, -0.2) is 0 Å². The first-order valence-electron chi connectivity index (χ1n) is 5.56. The van der Waals surface area contributed by atoms with Crippen LogP contribution < -0.4 is 3.07 Å². The monoisotopic (exact) mass is 377 g/mol. The number of rotatable bonds is 3. The molecule has 0 aliphatic rings. The fraction of sp³-hybridized carbons (Fsp3) is 0.538. The number of benzene rings is 1. The van der Waals surface area contributed by atoms with Crippen molar-refractivity contribution >= 4 is 3.07 Å². The standard InChI is InChI=1S/C13H19.Hg/c1-5-10(3)13-8-7-12(6-2)11(4)9-13;/h7-8,10H,5-6H2,1-4H3;. The van der Waals surface area contributed by atoms with Crippen molar-refractivity contribution in [3.8, 4) is 0 Å². The minimum atomic E-state index is 0.743. The summed E-state index contributed by atoms with van der Waals surface area (Å²) in [4.78, 5) is 0. The van der Waals surface area contributed by atoms with Crippen LogP contribution in [0.15, 0.2) is 12.1 Å². The summed E-state index contributed by atoms with van der Waals surface area (Å²) in [6.45, 7) is 9.17. The van der Waals surface area contributed by atoms with E-state index in [-0.39, 0.29) is 0 Å². The van der Waals surface area contributed by atoms with E-state index in [4.69, 9.17) is 0 Å². The molecule has 0 nitrogen and oxygen atoms in total. The van der Waals surface area contributed by atoms with Crippen molar-refractivity contribution in [2.45, 2.75) is 46.5 Å². The van der Waals surface area contributed by atoms with Crippen LogP contribution in [0.4, 0.5) is 0 Å². The second-order valence-corrected chi connectivity index (χ2v) is 6.83. The molecule has 0 N–H and O–H groups in total. The summed E-state index contributed by atoms with van der Waals surface area (Å²) in [7, 11) is 0. The minimum absolute atomic E-state index is 0.743. The van der Waals surface area contributed by atoms with Gasteiger partial charge in [0.15, 0.2) is 0 Å². The molecule has 1 unspecified atom stereocenters. The molecule has 1 heteroatoms. The average molecular weight is 376 g/mol. The summed E-state index contributed by atoms with van der Waals surface area (Å²) < 4.78 is 1.69. The summed E-state index contributed by atoms with van der Waals surface area (Å²) in [5, 5.41) is 0. The molecular formula is C13H19Hg. The number of aryl methyl sites for hydroxylation is 1. The van der Waals surface area contributed by atoms with Crippen LogP contribution in [0.3, 0.4) is 0 Å². The van der Waals surface area contributed by atoms with E-state index in [0.29, 0.717) is 0 Å². The molecule has 1 rings (SSSR count). The van der Waals surface area contributed by atoms with E-state index >= 15 is 0 Å². The van der Waals surface area contributed by atoms with Crippen LogP contribution in [0.25, 0.3) is 0 Å². The van der Waals surface area contributed by atoms with Crippen LogP contribution in [0, 0.1) is 6.92 Å². The molecule has 0 saturated carbocycles. The maximum absolute atomic E-state index is 2.36. The number of hydrogen-bond acceptors (Lipinski definition) is 0. The molecule has 1 atom stereocenters. The molecule has 0 saturated heterocycles. The Morgan fingerprint density at radius 2 is 1.93 bits per heavy atom. The molecule has 0 amide bonds. The maximum atomic E-state index is 2.36. The molecule has 1 aromatic rings. The van der Waals surface area contributed by atoms with Crippen LogP contribution in [0.2, 0.25) is 0 Å². The molecule has 0 fully saturated rings. The fourth-order valence-corrected chi connectivity index (χ4v) is 4.59. The Morgan fingerprint density at radius 3 is 2.43 bits per heavy atom. The van der Waals surface area contributed by atoms with E-state index in [1.54, 1.807) is 19.8 Å². The van der Waals surface area contributed by atoms with Crippen LogP contribution in [-0.4, -0.2) is 0 Å². The van der Waals surface area contributed by atoms with Gasteiger partial charge in [-0.1, -0.05) is 0 Å². The van der Waals surface area contributed by atoms with Gasteiger partial charge in [-0.3, -0.25) is 0 Å². The Bertz CT molecular complexity index is 315. The molecule has 0 heterocycles. The van der Waals surface area contributed by atoms with E-state index in [9.17, 15) is 0 Å². The van der Waals surface area contributed by atoms with Crippen molar-refractivity contribution in [1.29, 1.82) is 0 Å². The second kappa shape index (κ2) is 5.30. The van der Waals surface area contributed by atoms with E-state index in [1.807, 2.05) is 0 Å². The quantitative estimate of drug-likeness (QED) is 0.711. The van der Waals surface area contributed by atoms with Gasteiger partial charge < -0.3 is 0 Å². The van der Waals surface area contributed by atoms with Crippen molar-refractivity contribution in [3.05, 3.63) is 28.8 Å². The van der Waals surface area contributed by atoms with Gasteiger partial charge in [0.25, 0.3) is 0 Å². The van der Waals surface area contributed by atoms with Gasteiger partial charge >= 0.3 is 104 Å². The first kappa shape index (κ1) is 12.2. The summed E-state index contributed by atoms with van der Waals surface area (Å²) in [5.74, 6) is 0.743. The third kappa shape index (κ3) is 2.39. The van der Waals surface area contributed by atoms with Crippen LogP contribution in [-0.2, 0) is 32.5 Å². The molecule has 14 heavy (non-hydrogen) atoms. The molecule has 0 aromatic heterocycles. The third-order valence-electron chi connectivity index (χ3n) is 3.27.